The van der Waals surface area contributed by atoms with Gasteiger partial charge in [-0.05, 0) is 19.1 Å². The molecule has 2 aromatic rings. The van der Waals surface area contributed by atoms with Crippen LogP contribution in [0.5, 0.6) is 0 Å². The van der Waals surface area contributed by atoms with Crippen LogP contribution in [0.1, 0.15) is 5.69 Å². The second-order valence-corrected chi connectivity index (χ2v) is 5.77. The standard InChI is InChI=1S/C10H10ClFN4O2S/c1-6-9(10(11)16(2)14-6)19(17,18)15-8-4-3-7(12)5-13-8/h3-5H,1-2H3,(H,13,15). The molecule has 0 radical (unpaired) electrons. The number of nitrogens with zero attached hydrogens (tertiary/aromatic N) is 3. The van der Waals surface area contributed by atoms with Gasteiger partial charge in [0.1, 0.15) is 21.7 Å². The van der Waals surface area contributed by atoms with E-state index in [0.29, 0.717) is 0 Å². The monoisotopic (exact) mass is 304 g/mol. The molecule has 0 aliphatic carbocycles. The van der Waals surface area contributed by atoms with Gasteiger partial charge in [0.25, 0.3) is 10.0 Å². The van der Waals surface area contributed by atoms with E-state index in [1.54, 1.807) is 0 Å². The second kappa shape index (κ2) is 4.78. The van der Waals surface area contributed by atoms with E-state index in [1.165, 1.54) is 24.7 Å². The second-order valence-electron chi connectivity index (χ2n) is 3.80. The predicted octanol–water partition coefficient (Wildman–Crippen LogP) is 1.72. The lowest BCUT2D eigenvalue weighted by molar-refractivity contribution is 0.600. The van der Waals surface area contributed by atoms with E-state index in [9.17, 15) is 12.8 Å². The van der Waals surface area contributed by atoms with E-state index in [-0.39, 0.29) is 21.6 Å². The van der Waals surface area contributed by atoms with Gasteiger partial charge in [0.2, 0.25) is 0 Å². The van der Waals surface area contributed by atoms with E-state index < -0.39 is 15.8 Å². The maximum Gasteiger partial charge on any atom is 0.267 e. The lowest BCUT2D eigenvalue weighted by atomic mass is 10.5. The van der Waals surface area contributed by atoms with E-state index in [1.807, 2.05) is 0 Å². The number of hydrogen-bond acceptors (Lipinski definition) is 4. The normalized spacial score (nSPS) is 11.6. The highest BCUT2D eigenvalue weighted by Gasteiger charge is 2.25. The first-order valence-electron chi connectivity index (χ1n) is 5.15. The summed E-state index contributed by atoms with van der Waals surface area (Å²) in [7, 11) is -2.38. The number of pyridine rings is 1. The summed E-state index contributed by atoms with van der Waals surface area (Å²) in [5, 5.41) is 3.91. The quantitative estimate of drug-likeness (QED) is 0.936. The van der Waals surface area contributed by atoms with E-state index >= 15 is 0 Å². The van der Waals surface area contributed by atoms with Crippen molar-refractivity contribution in [2.75, 3.05) is 4.72 Å². The highest BCUT2D eigenvalue weighted by Crippen LogP contribution is 2.25. The van der Waals surface area contributed by atoms with E-state index in [2.05, 4.69) is 14.8 Å². The number of hydrogen-bond donors (Lipinski definition) is 1. The van der Waals surface area contributed by atoms with Crippen LogP contribution in [0.15, 0.2) is 23.2 Å². The number of nitrogens with one attached hydrogen (secondary N) is 1. The Morgan fingerprint density at radius 1 is 1.42 bits per heavy atom. The lowest BCUT2D eigenvalue weighted by Crippen LogP contribution is -2.15. The van der Waals surface area contributed by atoms with Crippen LogP contribution in [0.4, 0.5) is 10.2 Å². The van der Waals surface area contributed by atoms with Gasteiger partial charge < -0.3 is 0 Å². The van der Waals surface area contributed by atoms with Gasteiger partial charge in [-0.3, -0.25) is 9.40 Å². The SMILES string of the molecule is Cc1nn(C)c(Cl)c1S(=O)(=O)Nc1ccc(F)cn1. The molecular weight excluding hydrogens is 295 g/mol. The lowest BCUT2D eigenvalue weighted by Gasteiger charge is -2.06. The third kappa shape index (κ3) is 2.69. The molecule has 1 N–H and O–H groups in total. The molecule has 0 unspecified atom stereocenters. The molecule has 0 aromatic carbocycles. The maximum atomic E-state index is 12.7. The van der Waals surface area contributed by atoms with Crippen molar-refractivity contribution in [3.05, 3.63) is 35.0 Å². The van der Waals surface area contributed by atoms with Crippen LogP contribution in [0.3, 0.4) is 0 Å². The molecule has 0 amide bonds. The van der Waals surface area contributed by atoms with Gasteiger partial charge in [-0.1, -0.05) is 11.6 Å². The van der Waals surface area contributed by atoms with Crippen molar-refractivity contribution < 1.29 is 12.8 Å². The van der Waals surface area contributed by atoms with Crippen molar-refractivity contribution in [2.24, 2.45) is 7.05 Å². The summed E-state index contributed by atoms with van der Waals surface area (Å²) in [6.07, 6.45) is 0.912. The Bertz CT molecular complexity index is 712. The Kier molecular flexibility index (Phi) is 3.46. The number of rotatable bonds is 3. The van der Waals surface area contributed by atoms with Crippen molar-refractivity contribution >= 4 is 27.4 Å². The van der Waals surface area contributed by atoms with Gasteiger partial charge in [0.15, 0.2) is 0 Å². The molecule has 102 valence electrons. The van der Waals surface area contributed by atoms with Gasteiger partial charge in [-0.25, -0.2) is 17.8 Å². The Morgan fingerprint density at radius 2 is 2.11 bits per heavy atom. The molecule has 2 rings (SSSR count). The Morgan fingerprint density at radius 3 is 2.58 bits per heavy atom. The van der Waals surface area contributed by atoms with Crippen molar-refractivity contribution in [3.8, 4) is 0 Å². The Balaban J connectivity index is 2.40. The molecule has 2 heterocycles. The van der Waals surface area contributed by atoms with Gasteiger partial charge >= 0.3 is 0 Å². The smallest absolute Gasteiger partial charge is 0.263 e. The first kappa shape index (κ1) is 13.8. The number of anilines is 1. The topological polar surface area (TPSA) is 76.9 Å². The fourth-order valence-corrected chi connectivity index (χ4v) is 3.30. The summed E-state index contributed by atoms with van der Waals surface area (Å²) >= 11 is 5.89. The van der Waals surface area contributed by atoms with Crippen LogP contribution in [-0.2, 0) is 17.1 Å². The molecule has 0 atom stereocenters. The van der Waals surface area contributed by atoms with Crippen LogP contribution < -0.4 is 4.72 Å². The van der Waals surface area contributed by atoms with Crippen molar-refractivity contribution in [1.82, 2.24) is 14.8 Å². The molecule has 0 saturated heterocycles. The van der Waals surface area contributed by atoms with Gasteiger partial charge in [-0.2, -0.15) is 5.10 Å². The molecule has 6 nitrogen and oxygen atoms in total. The number of aryl methyl sites for hydroxylation is 2. The van der Waals surface area contributed by atoms with Crippen molar-refractivity contribution in [1.29, 1.82) is 0 Å². The summed E-state index contributed by atoms with van der Waals surface area (Å²) in [4.78, 5) is 3.50. The van der Waals surface area contributed by atoms with Gasteiger partial charge in [0, 0.05) is 7.05 Å². The summed E-state index contributed by atoms with van der Waals surface area (Å²) in [6.45, 7) is 1.53. The van der Waals surface area contributed by atoms with Gasteiger partial charge in [-0.15, -0.1) is 0 Å². The molecule has 0 fully saturated rings. The largest absolute Gasteiger partial charge is 0.267 e. The summed E-state index contributed by atoms with van der Waals surface area (Å²) in [5.74, 6) is -0.556. The first-order chi connectivity index (χ1) is 8.81. The first-order valence-corrected chi connectivity index (χ1v) is 7.01. The third-order valence-electron chi connectivity index (χ3n) is 2.34. The zero-order valence-corrected chi connectivity index (χ0v) is 11.6. The molecule has 0 spiro atoms. The summed E-state index contributed by atoms with van der Waals surface area (Å²) < 4.78 is 40.5. The van der Waals surface area contributed by atoms with E-state index in [4.69, 9.17) is 11.6 Å². The van der Waals surface area contributed by atoms with E-state index in [0.717, 1.165) is 12.3 Å². The minimum atomic E-state index is -3.92. The number of sulfonamides is 1. The molecule has 9 heteroatoms. The molecule has 0 saturated carbocycles. The van der Waals surface area contributed by atoms with Crippen molar-refractivity contribution in [2.45, 2.75) is 11.8 Å². The third-order valence-corrected chi connectivity index (χ3v) is 4.38. The Hall–Kier alpha value is -1.67. The minimum Gasteiger partial charge on any atom is -0.263 e. The molecule has 0 bridgehead atoms. The van der Waals surface area contributed by atoms with Crippen LogP contribution in [0, 0.1) is 12.7 Å². The minimum absolute atomic E-state index is 0.000666. The average molecular weight is 305 g/mol. The van der Waals surface area contributed by atoms with Crippen LogP contribution in [0.2, 0.25) is 5.15 Å². The molecule has 0 aliphatic rings. The predicted molar refractivity (Wildman–Crippen MR) is 68.0 cm³/mol. The number of halogens is 2. The zero-order valence-electron chi connectivity index (χ0n) is 10.1. The zero-order chi connectivity index (χ0) is 14.2. The molecule has 0 aliphatic heterocycles. The average Bonchev–Trinajstić information content (AvgIpc) is 2.56. The highest BCUT2D eigenvalue weighted by molar-refractivity contribution is 7.92. The molecule has 2 aromatic heterocycles. The Labute approximate surface area is 114 Å². The number of aromatic nitrogens is 3. The summed E-state index contributed by atoms with van der Waals surface area (Å²) in [5.41, 5.74) is 0.266. The van der Waals surface area contributed by atoms with Crippen molar-refractivity contribution in [3.63, 3.8) is 0 Å². The van der Waals surface area contributed by atoms with Crippen LogP contribution in [-0.4, -0.2) is 23.2 Å². The van der Waals surface area contributed by atoms with Crippen LogP contribution in [0.25, 0.3) is 0 Å². The van der Waals surface area contributed by atoms with Crippen LogP contribution >= 0.6 is 11.6 Å². The fraction of sp³-hybridized carbons (Fsp3) is 0.200. The molecular formula is C10H10ClFN4O2S. The summed E-state index contributed by atoms with van der Waals surface area (Å²) in [6, 6.07) is 2.31. The highest BCUT2D eigenvalue weighted by atomic mass is 35.5. The fourth-order valence-electron chi connectivity index (χ4n) is 1.54. The molecule has 19 heavy (non-hydrogen) atoms. The maximum absolute atomic E-state index is 12.7. The van der Waals surface area contributed by atoms with Gasteiger partial charge in [0.05, 0.1) is 11.9 Å².